The number of nitrogens with one attached hydrogen (secondary N) is 2. The fourth-order valence-electron chi connectivity index (χ4n) is 1.96. The first-order chi connectivity index (χ1) is 10.1. The average molecular weight is 347 g/mol. The van der Waals surface area contributed by atoms with Crippen LogP contribution in [0.3, 0.4) is 0 Å². The first-order valence-corrected chi connectivity index (χ1v) is 7.05. The van der Waals surface area contributed by atoms with E-state index in [0.717, 1.165) is 4.47 Å². The third-order valence-electron chi connectivity index (χ3n) is 2.98. The summed E-state index contributed by atoms with van der Waals surface area (Å²) >= 11 is 3.32. The Morgan fingerprint density at radius 1 is 1.19 bits per heavy atom. The van der Waals surface area contributed by atoms with Crippen molar-refractivity contribution in [2.24, 2.45) is 0 Å². The molecule has 0 radical (unpaired) electrons. The SMILES string of the molecule is O=C1COc2cc(NC(=O)c3ccc(Br)cc3)ccc2N1. The Bertz CT molecular complexity index is 713. The van der Waals surface area contributed by atoms with E-state index in [4.69, 9.17) is 4.74 Å². The highest BCUT2D eigenvalue weighted by atomic mass is 79.9. The number of carbonyl (C=O) groups excluding carboxylic acids is 2. The molecule has 0 unspecified atom stereocenters. The number of carbonyl (C=O) groups is 2. The van der Waals surface area contributed by atoms with E-state index < -0.39 is 0 Å². The van der Waals surface area contributed by atoms with E-state index in [2.05, 4.69) is 26.6 Å². The van der Waals surface area contributed by atoms with Gasteiger partial charge >= 0.3 is 0 Å². The van der Waals surface area contributed by atoms with Crippen molar-refractivity contribution in [3.05, 3.63) is 52.5 Å². The molecule has 0 saturated carbocycles. The van der Waals surface area contributed by atoms with E-state index >= 15 is 0 Å². The zero-order valence-corrected chi connectivity index (χ0v) is 12.4. The highest BCUT2D eigenvalue weighted by Gasteiger charge is 2.16. The van der Waals surface area contributed by atoms with Gasteiger partial charge in [-0.05, 0) is 36.4 Å². The molecule has 1 heterocycles. The summed E-state index contributed by atoms with van der Waals surface area (Å²) in [6.07, 6.45) is 0. The second-order valence-corrected chi connectivity index (χ2v) is 5.42. The largest absolute Gasteiger partial charge is 0.482 e. The van der Waals surface area contributed by atoms with Crippen LogP contribution in [0.1, 0.15) is 10.4 Å². The Labute approximate surface area is 129 Å². The summed E-state index contributed by atoms with van der Waals surface area (Å²) < 4.78 is 6.22. The van der Waals surface area contributed by atoms with E-state index in [1.807, 2.05) is 0 Å². The van der Waals surface area contributed by atoms with Crippen LogP contribution in [0.25, 0.3) is 0 Å². The third-order valence-corrected chi connectivity index (χ3v) is 3.51. The molecule has 0 atom stereocenters. The van der Waals surface area contributed by atoms with Crippen molar-refractivity contribution in [2.45, 2.75) is 0 Å². The molecule has 6 heteroatoms. The van der Waals surface area contributed by atoms with Gasteiger partial charge in [-0.25, -0.2) is 0 Å². The predicted octanol–water partition coefficient (Wildman–Crippen LogP) is 3.03. The number of anilines is 2. The lowest BCUT2D eigenvalue weighted by atomic mass is 10.2. The van der Waals surface area contributed by atoms with Gasteiger partial charge < -0.3 is 15.4 Å². The zero-order chi connectivity index (χ0) is 14.8. The van der Waals surface area contributed by atoms with Crippen molar-refractivity contribution >= 4 is 39.1 Å². The summed E-state index contributed by atoms with van der Waals surface area (Å²) in [4.78, 5) is 23.3. The molecular weight excluding hydrogens is 336 g/mol. The van der Waals surface area contributed by atoms with Gasteiger partial charge in [0.2, 0.25) is 0 Å². The highest BCUT2D eigenvalue weighted by molar-refractivity contribution is 9.10. The Kier molecular flexibility index (Phi) is 3.62. The van der Waals surface area contributed by atoms with Gasteiger partial charge in [-0.15, -0.1) is 0 Å². The Hall–Kier alpha value is -2.34. The average Bonchev–Trinajstić information content (AvgIpc) is 2.48. The van der Waals surface area contributed by atoms with Crippen molar-refractivity contribution < 1.29 is 14.3 Å². The van der Waals surface area contributed by atoms with Gasteiger partial charge in [-0.2, -0.15) is 0 Å². The van der Waals surface area contributed by atoms with Crippen LogP contribution in [0, 0.1) is 0 Å². The molecule has 21 heavy (non-hydrogen) atoms. The molecule has 0 aliphatic carbocycles. The second-order valence-electron chi connectivity index (χ2n) is 4.51. The van der Waals surface area contributed by atoms with E-state index in [0.29, 0.717) is 22.7 Å². The predicted molar refractivity (Wildman–Crippen MR) is 82.7 cm³/mol. The molecule has 2 N–H and O–H groups in total. The van der Waals surface area contributed by atoms with Gasteiger partial charge in [0.25, 0.3) is 11.8 Å². The number of fused-ring (bicyclic) bond motifs is 1. The molecule has 2 amide bonds. The van der Waals surface area contributed by atoms with Crippen LogP contribution in [0.4, 0.5) is 11.4 Å². The van der Waals surface area contributed by atoms with E-state index in [1.54, 1.807) is 42.5 Å². The third kappa shape index (κ3) is 3.05. The lowest BCUT2D eigenvalue weighted by molar-refractivity contribution is -0.118. The summed E-state index contributed by atoms with van der Waals surface area (Å²) in [5, 5.41) is 5.49. The van der Waals surface area contributed by atoms with Crippen molar-refractivity contribution in [1.29, 1.82) is 0 Å². The molecule has 2 aromatic carbocycles. The Balaban J connectivity index is 1.77. The van der Waals surface area contributed by atoms with Crippen molar-refractivity contribution in [1.82, 2.24) is 0 Å². The summed E-state index contributed by atoms with van der Waals surface area (Å²) in [5.41, 5.74) is 1.77. The van der Waals surface area contributed by atoms with Crippen LogP contribution >= 0.6 is 15.9 Å². The van der Waals surface area contributed by atoms with Gasteiger partial charge in [0.05, 0.1) is 5.69 Å². The van der Waals surface area contributed by atoms with Crippen molar-refractivity contribution in [3.8, 4) is 5.75 Å². The van der Waals surface area contributed by atoms with Crippen LogP contribution in [-0.4, -0.2) is 18.4 Å². The minimum Gasteiger partial charge on any atom is -0.482 e. The molecule has 0 spiro atoms. The monoisotopic (exact) mass is 346 g/mol. The minimum atomic E-state index is -0.206. The van der Waals surface area contributed by atoms with E-state index in [9.17, 15) is 9.59 Å². The summed E-state index contributed by atoms with van der Waals surface area (Å²) in [7, 11) is 0. The second kappa shape index (κ2) is 5.57. The van der Waals surface area contributed by atoms with E-state index in [1.165, 1.54) is 0 Å². The number of hydrogen-bond acceptors (Lipinski definition) is 3. The van der Waals surface area contributed by atoms with Crippen molar-refractivity contribution in [2.75, 3.05) is 17.2 Å². The Morgan fingerprint density at radius 2 is 1.95 bits per heavy atom. The lowest BCUT2D eigenvalue weighted by Gasteiger charge is -2.18. The van der Waals surface area contributed by atoms with Crippen molar-refractivity contribution in [3.63, 3.8) is 0 Å². The van der Waals surface area contributed by atoms with Gasteiger partial charge in [0.15, 0.2) is 6.61 Å². The molecule has 0 bridgehead atoms. The normalized spacial score (nSPS) is 12.9. The fourth-order valence-corrected chi connectivity index (χ4v) is 2.22. The number of hydrogen-bond donors (Lipinski definition) is 2. The molecule has 0 saturated heterocycles. The lowest BCUT2D eigenvalue weighted by Crippen LogP contribution is -2.25. The minimum absolute atomic E-state index is 0.0168. The number of halogens is 1. The molecule has 0 fully saturated rings. The number of ether oxygens (including phenoxy) is 1. The number of benzene rings is 2. The number of rotatable bonds is 2. The smallest absolute Gasteiger partial charge is 0.262 e. The topological polar surface area (TPSA) is 67.4 Å². The molecule has 1 aliphatic heterocycles. The highest BCUT2D eigenvalue weighted by Crippen LogP contribution is 2.30. The number of amides is 2. The zero-order valence-electron chi connectivity index (χ0n) is 10.9. The first-order valence-electron chi connectivity index (χ1n) is 6.25. The van der Waals surface area contributed by atoms with Crippen LogP contribution in [0.5, 0.6) is 5.75 Å². The van der Waals surface area contributed by atoms with Gasteiger partial charge in [-0.1, -0.05) is 15.9 Å². The Morgan fingerprint density at radius 3 is 2.71 bits per heavy atom. The van der Waals surface area contributed by atoms with Gasteiger partial charge in [0, 0.05) is 21.8 Å². The maximum Gasteiger partial charge on any atom is 0.262 e. The van der Waals surface area contributed by atoms with Crippen LogP contribution in [-0.2, 0) is 4.79 Å². The first kappa shape index (κ1) is 13.6. The summed E-state index contributed by atoms with van der Waals surface area (Å²) in [6, 6.07) is 12.2. The standard InChI is InChI=1S/C15H11BrN2O3/c16-10-3-1-9(2-4-10)15(20)17-11-5-6-12-13(7-11)21-8-14(19)18-12/h1-7H,8H2,(H,17,20)(H,18,19). The summed E-state index contributed by atoms with van der Waals surface area (Å²) in [5.74, 6) is 0.152. The molecule has 2 aromatic rings. The van der Waals surface area contributed by atoms with E-state index in [-0.39, 0.29) is 18.4 Å². The molecule has 106 valence electrons. The molecule has 5 nitrogen and oxygen atoms in total. The van der Waals surface area contributed by atoms with Gasteiger partial charge in [0.1, 0.15) is 5.75 Å². The van der Waals surface area contributed by atoms with Crippen LogP contribution < -0.4 is 15.4 Å². The molecular formula is C15H11BrN2O3. The molecule has 1 aliphatic rings. The summed E-state index contributed by atoms with van der Waals surface area (Å²) in [6.45, 7) is -0.0168. The van der Waals surface area contributed by atoms with Gasteiger partial charge in [-0.3, -0.25) is 9.59 Å². The maximum absolute atomic E-state index is 12.1. The maximum atomic E-state index is 12.1. The quantitative estimate of drug-likeness (QED) is 0.878. The fraction of sp³-hybridized carbons (Fsp3) is 0.0667. The molecule has 0 aromatic heterocycles. The molecule has 3 rings (SSSR count). The van der Waals surface area contributed by atoms with Crippen LogP contribution in [0.15, 0.2) is 46.9 Å². The van der Waals surface area contributed by atoms with Crippen LogP contribution in [0.2, 0.25) is 0 Å².